The molecule has 0 aliphatic carbocycles. The fourth-order valence-corrected chi connectivity index (χ4v) is 5.31. The quantitative estimate of drug-likeness (QED) is 0.771. The minimum absolute atomic E-state index is 0.177. The molecule has 1 aromatic rings. The van der Waals surface area contributed by atoms with Crippen molar-refractivity contribution in [3.63, 3.8) is 0 Å². The van der Waals surface area contributed by atoms with E-state index in [-0.39, 0.29) is 11.9 Å². The van der Waals surface area contributed by atoms with Crippen molar-refractivity contribution in [2.45, 2.75) is 36.8 Å². The van der Waals surface area contributed by atoms with Crippen molar-refractivity contribution in [2.75, 3.05) is 6.54 Å². The average molecular weight is 375 g/mol. The smallest absolute Gasteiger partial charge is 0.209 e. The van der Waals surface area contributed by atoms with Gasteiger partial charge in [-0.25, -0.2) is 13.1 Å². The van der Waals surface area contributed by atoms with Crippen molar-refractivity contribution < 1.29 is 8.42 Å². The van der Waals surface area contributed by atoms with E-state index in [1.54, 1.807) is 6.07 Å². The van der Waals surface area contributed by atoms with Gasteiger partial charge in [-0.05, 0) is 46.8 Å². The molecule has 1 unspecified atom stereocenters. The summed E-state index contributed by atoms with van der Waals surface area (Å²) in [5.41, 5.74) is 0.921. The summed E-state index contributed by atoms with van der Waals surface area (Å²) >= 11 is 10.6. The maximum atomic E-state index is 12.0. The van der Waals surface area contributed by atoms with Crippen LogP contribution >= 0.6 is 38.9 Å². The minimum Gasteiger partial charge on any atom is -0.209 e. The number of halogens is 2. The number of rotatable bonds is 6. The third kappa shape index (κ3) is 4.81. The van der Waals surface area contributed by atoms with Crippen LogP contribution in [0.25, 0.3) is 0 Å². The zero-order chi connectivity index (χ0) is 13.9. The largest absolute Gasteiger partial charge is 0.250 e. The van der Waals surface area contributed by atoms with Crippen LogP contribution in [-0.4, -0.2) is 20.3 Å². The first kappa shape index (κ1) is 16.4. The first-order chi connectivity index (χ1) is 8.22. The summed E-state index contributed by atoms with van der Waals surface area (Å²) in [6, 6.07) is 1.66. The van der Waals surface area contributed by atoms with Gasteiger partial charge in [0.15, 0.2) is 0 Å². The Morgan fingerprint density at radius 3 is 2.56 bits per heavy atom. The lowest BCUT2D eigenvalue weighted by atomic mass is 10.1. The fourth-order valence-electron chi connectivity index (χ4n) is 1.43. The summed E-state index contributed by atoms with van der Waals surface area (Å²) in [4.78, 5) is 0. The molecule has 0 amide bonds. The molecule has 0 aliphatic heterocycles. The van der Waals surface area contributed by atoms with Gasteiger partial charge < -0.3 is 0 Å². The predicted octanol–water partition coefficient (Wildman–Crippen LogP) is 3.75. The van der Waals surface area contributed by atoms with Gasteiger partial charge >= 0.3 is 0 Å². The maximum absolute atomic E-state index is 12.0. The summed E-state index contributed by atoms with van der Waals surface area (Å²) in [6.07, 6.45) is 0.789. The second-order valence-electron chi connectivity index (χ2n) is 4.60. The number of nitrogens with one attached hydrogen (secondary N) is 1. The highest BCUT2D eigenvalue weighted by Crippen LogP contribution is 2.30. The highest BCUT2D eigenvalue weighted by Gasteiger charge is 2.19. The van der Waals surface area contributed by atoms with E-state index in [0.29, 0.717) is 10.1 Å². The number of aryl methyl sites for hydroxylation is 1. The van der Waals surface area contributed by atoms with Gasteiger partial charge in [-0.1, -0.05) is 13.8 Å². The molecule has 0 fully saturated rings. The predicted molar refractivity (Wildman–Crippen MR) is 81.0 cm³/mol. The monoisotopic (exact) mass is 373 g/mol. The van der Waals surface area contributed by atoms with Gasteiger partial charge in [-0.15, -0.1) is 22.9 Å². The van der Waals surface area contributed by atoms with Gasteiger partial charge in [-0.2, -0.15) is 0 Å². The Morgan fingerprint density at radius 1 is 1.50 bits per heavy atom. The van der Waals surface area contributed by atoms with Crippen molar-refractivity contribution in [1.29, 1.82) is 0 Å². The van der Waals surface area contributed by atoms with Crippen LogP contribution in [-0.2, 0) is 10.0 Å². The fraction of sp³-hybridized carbons (Fsp3) is 0.636. The van der Waals surface area contributed by atoms with Crippen LogP contribution in [0.5, 0.6) is 0 Å². The lowest BCUT2D eigenvalue weighted by Crippen LogP contribution is -2.30. The van der Waals surface area contributed by atoms with E-state index >= 15 is 0 Å². The number of hydrogen-bond acceptors (Lipinski definition) is 3. The van der Waals surface area contributed by atoms with Crippen LogP contribution in [0.2, 0.25) is 0 Å². The van der Waals surface area contributed by atoms with Crippen LogP contribution in [0, 0.1) is 12.8 Å². The molecule has 3 nitrogen and oxygen atoms in total. The summed E-state index contributed by atoms with van der Waals surface area (Å²) < 4.78 is 27.7. The Labute approximate surface area is 126 Å². The minimum atomic E-state index is -3.44. The Hall–Kier alpha value is 0.380. The Bertz CT molecular complexity index is 480. The van der Waals surface area contributed by atoms with Gasteiger partial charge in [0.1, 0.15) is 4.21 Å². The molecule has 1 heterocycles. The second-order valence-corrected chi connectivity index (χ2v) is 9.58. The van der Waals surface area contributed by atoms with Gasteiger partial charge in [0.2, 0.25) is 10.0 Å². The first-order valence-corrected chi connectivity index (χ1v) is 9.15. The van der Waals surface area contributed by atoms with Gasteiger partial charge in [-0.3, -0.25) is 0 Å². The molecule has 1 aromatic heterocycles. The lowest BCUT2D eigenvalue weighted by molar-refractivity contribution is 0.545. The van der Waals surface area contributed by atoms with E-state index in [4.69, 9.17) is 11.6 Å². The second kappa shape index (κ2) is 6.70. The van der Waals surface area contributed by atoms with Crippen LogP contribution in [0.1, 0.15) is 25.8 Å². The average Bonchev–Trinajstić information content (AvgIpc) is 2.56. The highest BCUT2D eigenvalue weighted by atomic mass is 79.9. The lowest BCUT2D eigenvalue weighted by Gasteiger charge is -2.12. The Kier molecular flexibility index (Phi) is 6.12. The van der Waals surface area contributed by atoms with Crippen molar-refractivity contribution >= 4 is 48.9 Å². The SMILES string of the molecule is Cc1cc(S(=O)(=O)NCC(Cl)CC(C)C)sc1Br. The Balaban J connectivity index is 2.66. The summed E-state index contributed by atoms with van der Waals surface area (Å²) in [5.74, 6) is 0.454. The van der Waals surface area contributed by atoms with E-state index in [2.05, 4.69) is 34.5 Å². The van der Waals surface area contributed by atoms with E-state index < -0.39 is 10.0 Å². The molecule has 104 valence electrons. The van der Waals surface area contributed by atoms with Gasteiger partial charge in [0.25, 0.3) is 0 Å². The molecule has 0 bridgehead atoms. The third-order valence-corrected chi connectivity index (χ3v) is 6.69. The highest BCUT2D eigenvalue weighted by molar-refractivity contribution is 9.11. The molecule has 0 radical (unpaired) electrons. The molecule has 1 atom stereocenters. The summed E-state index contributed by atoms with van der Waals surface area (Å²) in [6.45, 7) is 6.24. The molecular weight excluding hydrogens is 358 g/mol. The van der Waals surface area contributed by atoms with E-state index in [0.717, 1.165) is 15.8 Å². The molecule has 0 aliphatic rings. The molecule has 0 saturated carbocycles. The van der Waals surface area contributed by atoms with Crippen molar-refractivity contribution in [3.8, 4) is 0 Å². The summed E-state index contributed by atoms with van der Waals surface area (Å²) in [7, 11) is -3.44. The van der Waals surface area contributed by atoms with Crippen LogP contribution in [0.15, 0.2) is 14.1 Å². The molecule has 18 heavy (non-hydrogen) atoms. The maximum Gasteiger partial charge on any atom is 0.250 e. The third-order valence-electron chi connectivity index (χ3n) is 2.32. The molecule has 0 saturated heterocycles. The van der Waals surface area contributed by atoms with Gasteiger partial charge in [0.05, 0.1) is 3.79 Å². The van der Waals surface area contributed by atoms with E-state index in [9.17, 15) is 8.42 Å². The van der Waals surface area contributed by atoms with Crippen LogP contribution in [0.4, 0.5) is 0 Å². The molecular formula is C11H17BrClNO2S2. The standard InChI is InChI=1S/C11H17BrClNO2S2/c1-7(2)4-9(13)6-14-18(15,16)10-5-8(3)11(12)17-10/h5,7,9,14H,4,6H2,1-3H3. The molecule has 0 aromatic carbocycles. The first-order valence-electron chi connectivity index (χ1n) is 5.62. The molecule has 0 spiro atoms. The number of thiophene rings is 1. The topological polar surface area (TPSA) is 46.2 Å². The zero-order valence-corrected chi connectivity index (χ0v) is 14.5. The molecule has 7 heteroatoms. The van der Waals surface area contributed by atoms with E-state index in [1.165, 1.54) is 11.3 Å². The van der Waals surface area contributed by atoms with Crippen molar-refractivity contribution in [3.05, 3.63) is 15.4 Å². The normalized spacial score (nSPS) is 14.1. The number of hydrogen-bond donors (Lipinski definition) is 1. The van der Waals surface area contributed by atoms with E-state index in [1.807, 2.05) is 6.92 Å². The summed E-state index contributed by atoms with van der Waals surface area (Å²) in [5, 5.41) is -0.177. The molecule has 1 N–H and O–H groups in total. The van der Waals surface area contributed by atoms with Gasteiger partial charge in [0, 0.05) is 11.9 Å². The zero-order valence-electron chi connectivity index (χ0n) is 10.5. The van der Waals surface area contributed by atoms with Crippen molar-refractivity contribution in [1.82, 2.24) is 4.72 Å². The van der Waals surface area contributed by atoms with Crippen molar-refractivity contribution in [2.24, 2.45) is 5.92 Å². The molecule has 1 rings (SSSR count). The Morgan fingerprint density at radius 2 is 2.11 bits per heavy atom. The number of alkyl halides is 1. The van der Waals surface area contributed by atoms with Crippen LogP contribution < -0.4 is 4.72 Å². The number of sulfonamides is 1. The van der Waals surface area contributed by atoms with Crippen LogP contribution in [0.3, 0.4) is 0 Å².